The Morgan fingerprint density at radius 3 is 0.782 bits per heavy atom. The summed E-state index contributed by atoms with van der Waals surface area (Å²) in [7, 11) is 0. The molecule has 448 valence electrons. The number of hydrogen-bond donors (Lipinski definition) is 0. The predicted octanol–water partition coefficient (Wildman–Crippen LogP) is 22.8. The van der Waals surface area contributed by atoms with E-state index in [1.165, 1.54) is 173 Å². The first-order valence-corrected chi connectivity index (χ1v) is 33.2. The fraction of sp³-hybridized carbons (Fsp3) is 0.736. The van der Waals surface area contributed by atoms with E-state index in [9.17, 15) is 14.4 Å². The van der Waals surface area contributed by atoms with Gasteiger partial charge in [-0.15, -0.1) is 0 Å². The van der Waals surface area contributed by atoms with Gasteiger partial charge < -0.3 is 14.2 Å². The van der Waals surface area contributed by atoms with Crippen molar-refractivity contribution in [2.24, 2.45) is 0 Å². The molecule has 0 amide bonds. The summed E-state index contributed by atoms with van der Waals surface area (Å²) in [5.74, 6) is -0.880. The Balaban J connectivity index is 4.18. The fourth-order valence-electron chi connectivity index (χ4n) is 9.36. The second kappa shape index (κ2) is 65.8. The molecule has 0 saturated carbocycles. The summed E-state index contributed by atoms with van der Waals surface area (Å²) in [6.45, 7) is 6.51. The third kappa shape index (κ3) is 63.2. The molecular weight excluding hydrogens is 961 g/mol. The van der Waals surface area contributed by atoms with E-state index in [2.05, 4.69) is 118 Å². The summed E-state index contributed by atoms with van der Waals surface area (Å²) in [6, 6.07) is 0. The van der Waals surface area contributed by atoms with E-state index >= 15 is 0 Å². The molecule has 0 spiro atoms. The summed E-state index contributed by atoms with van der Waals surface area (Å²) >= 11 is 0. The smallest absolute Gasteiger partial charge is 0.306 e. The van der Waals surface area contributed by atoms with E-state index < -0.39 is 6.10 Å². The molecule has 1 unspecified atom stereocenters. The molecule has 0 fully saturated rings. The number of rotatable bonds is 60. The minimum absolute atomic E-state index is 0.0783. The van der Waals surface area contributed by atoms with Gasteiger partial charge in [0, 0.05) is 19.3 Å². The van der Waals surface area contributed by atoms with Crippen LogP contribution in [0.1, 0.15) is 323 Å². The normalized spacial score (nSPS) is 12.7. The number of carbonyl (C=O) groups excluding carboxylic acids is 3. The number of allylic oxidation sites excluding steroid dienone is 16. The van der Waals surface area contributed by atoms with Crippen LogP contribution >= 0.6 is 0 Å². The average Bonchev–Trinajstić information content (AvgIpc) is 3.44. The van der Waals surface area contributed by atoms with Gasteiger partial charge >= 0.3 is 17.9 Å². The van der Waals surface area contributed by atoms with E-state index in [0.29, 0.717) is 19.3 Å². The van der Waals surface area contributed by atoms with Crippen molar-refractivity contribution in [3.8, 4) is 0 Å². The zero-order valence-electron chi connectivity index (χ0n) is 51.4. The largest absolute Gasteiger partial charge is 0.462 e. The third-order valence-corrected chi connectivity index (χ3v) is 14.3. The lowest BCUT2D eigenvalue weighted by Gasteiger charge is -2.18. The zero-order valence-corrected chi connectivity index (χ0v) is 51.4. The Labute approximate surface area is 483 Å². The minimum Gasteiger partial charge on any atom is -0.462 e. The Kier molecular flexibility index (Phi) is 62.7. The highest BCUT2D eigenvalue weighted by atomic mass is 16.6. The van der Waals surface area contributed by atoms with Crippen LogP contribution in [0.5, 0.6) is 0 Å². The molecule has 6 nitrogen and oxygen atoms in total. The topological polar surface area (TPSA) is 78.9 Å². The highest BCUT2D eigenvalue weighted by Crippen LogP contribution is 2.16. The van der Waals surface area contributed by atoms with Crippen LogP contribution in [0.4, 0.5) is 0 Å². The predicted molar refractivity (Wildman–Crippen MR) is 339 cm³/mol. The molecule has 0 heterocycles. The van der Waals surface area contributed by atoms with Crippen LogP contribution < -0.4 is 0 Å². The van der Waals surface area contributed by atoms with E-state index in [1.54, 1.807) is 0 Å². The van der Waals surface area contributed by atoms with Crippen molar-refractivity contribution in [3.05, 3.63) is 97.2 Å². The van der Waals surface area contributed by atoms with Gasteiger partial charge in [-0.2, -0.15) is 0 Å². The van der Waals surface area contributed by atoms with Gasteiger partial charge in [-0.25, -0.2) is 0 Å². The first kappa shape index (κ1) is 74.3. The standard InChI is InChI=1S/C72H124O6/c1-4-7-10-13-16-19-21-23-25-27-29-31-33-35-36-38-39-41-43-45-47-49-51-53-56-59-62-65-71(74)77-68-69(67-76-70(73)64-61-58-55-18-15-12-9-6-3)78-72(75)66-63-60-57-54-52-50-48-46-44-42-40-37-34-32-30-28-26-24-22-20-17-14-11-8-5-2/h8,11,17,20-21,23-24,26-27,29-30,32-33,35,37,40,69H,4-7,9-10,12-16,18-19,22,25,28,31,34,36,38-39,41-68H2,1-3H3/b11-8-,20-17-,23-21-,26-24-,29-27-,32-30-,35-33-,40-37-. The molecule has 0 aliphatic heterocycles. The van der Waals surface area contributed by atoms with Crippen LogP contribution in [-0.4, -0.2) is 37.2 Å². The highest BCUT2D eigenvalue weighted by molar-refractivity contribution is 5.71. The molecule has 78 heavy (non-hydrogen) atoms. The third-order valence-electron chi connectivity index (χ3n) is 14.3. The van der Waals surface area contributed by atoms with Crippen molar-refractivity contribution >= 4 is 17.9 Å². The average molecular weight is 1090 g/mol. The van der Waals surface area contributed by atoms with Crippen molar-refractivity contribution in [3.63, 3.8) is 0 Å². The number of unbranched alkanes of at least 4 members (excludes halogenated alkanes) is 33. The molecule has 6 heteroatoms. The Bertz CT molecular complexity index is 1530. The van der Waals surface area contributed by atoms with E-state index in [1.807, 2.05) is 0 Å². The molecule has 0 radical (unpaired) electrons. The van der Waals surface area contributed by atoms with Crippen LogP contribution in [0.2, 0.25) is 0 Å². The number of hydrogen-bond acceptors (Lipinski definition) is 6. The lowest BCUT2D eigenvalue weighted by atomic mass is 10.0. The maximum atomic E-state index is 12.9. The molecule has 0 saturated heterocycles. The van der Waals surface area contributed by atoms with E-state index in [0.717, 1.165) is 109 Å². The van der Waals surface area contributed by atoms with Gasteiger partial charge in [-0.05, 0) is 103 Å². The second-order valence-electron chi connectivity index (χ2n) is 22.0. The molecule has 1 atom stereocenters. The monoisotopic (exact) mass is 1080 g/mol. The van der Waals surface area contributed by atoms with Crippen LogP contribution in [0, 0.1) is 0 Å². The van der Waals surface area contributed by atoms with E-state index in [-0.39, 0.29) is 31.1 Å². The van der Waals surface area contributed by atoms with Gasteiger partial charge in [0.1, 0.15) is 13.2 Å². The Hall–Kier alpha value is -3.67. The summed E-state index contributed by atoms with van der Waals surface area (Å²) in [4.78, 5) is 38.2. The summed E-state index contributed by atoms with van der Waals surface area (Å²) in [5, 5.41) is 0. The highest BCUT2D eigenvalue weighted by Gasteiger charge is 2.19. The molecule has 0 rings (SSSR count). The van der Waals surface area contributed by atoms with Crippen LogP contribution in [0.15, 0.2) is 97.2 Å². The fourth-order valence-corrected chi connectivity index (χ4v) is 9.36. The molecule has 0 bridgehead atoms. The van der Waals surface area contributed by atoms with Crippen molar-refractivity contribution in [2.75, 3.05) is 13.2 Å². The minimum atomic E-state index is -0.780. The molecule has 0 aromatic carbocycles. The molecule has 0 aromatic heterocycles. The second-order valence-corrected chi connectivity index (χ2v) is 22.0. The maximum absolute atomic E-state index is 12.9. The molecule has 0 N–H and O–H groups in total. The first-order chi connectivity index (χ1) is 38.5. The van der Waals surface area contributed by atoms with Crippen LogP contribution in [0.3, 0.4) is 0 Å². The van der Waals surface area contributed by atoms with Crippen molar-refractivity contribution in [2.45, 2.75) is 329 Å². The SMILES string of the molecule is CC/C=C\C/C=C\C/C=C\C/C=C\C/C=C\CCCCCCCCCCCC(=O)OC(COC(=O)CCCCCCCCCC)COC(=O)CCCCCCCCCCCCCC/C=C\C/C=C\C/C=C\CCCCCCC. The van der Waals surface area contributed by atoms with Crippen molar-refractivity contribution in [1.29, 1.82) is 0 Å². The molecule has 0 aliphatic rings. The van der Waals surface area contributed by atoms with Gasteiger partial charge in [0.2, 0.25) is 0 Å². The summed E-state index contributed by atoms with van der Waals surface area (Å²) in [5.41, 5.74) is 0. The molecule has 0 aliphatic carbocycles. The van der Waals surface area contributed by atoms with Gasteiger partial charge in [-0.3, -0.25) is 14.4 Å². The van der Waals surface area contributed by atoms with Crippen LogP contribution in [-0.2, 0) is 28.6 Å². The van der Waals surface area contributed by atoms with Gasteiger partial charge in [0.05, 0.1) is 0 Å². The number of esters is 3. The zero-order chi connectivity index (χ0) is 56.4. The molecule has 0 aromatic rings. The van der Waals surface area contributed by atoms with Gasteiger partial charge in [0.25, 0.3) is 0 Å². The van der Waals surface area contributed by atoms with Crippen molar-refractivity contribution in [1.82, 2.24) is 0 Å². The Morgan fingerprint density at radius 1 is 0.269 bits per heavy atom. The number of ether oxygens (including phenoxy) is 3. The summed E-state index contributed by atoms with van der Waals surface area (Å²) < 4.78 is 16.9. The lowest BCUT2D eigenvalue weighted by Crippen LogP contribution is -2.30. The quantitative estimate of drug-likeness (QED) is 0.0261. The summed E-state index contributed by atoms with van der Waals surface area (Å²) in [6.07, 6.45) is 88.6. The molecular formula is C72H124O6. The van der Waals surface area contributed by atoms with Gasteiger partial charge in [0.15, 0.2) is 6.10 Å². The number of carbonyl (C=O) groups is 3. The van der Waals surface area contributed by atoms with E-state index in [4.69, 9.17) is 14.2 Å². The van der Waals surface area contributed by atoms with Crippen LogP contribution in [0.25, 0.3) is 0 Å². The maximum Gasteiger partial charge on any atom is 0.306 e. The van der Waals surface area contributed by atoms with Crippen molar-refractivity contribution < 1.29 is 28.6 Å². The lowest BCUT2D eigenvalue weighted by molar-refractivity contribution is -0.167. The Morgan fingerprint density at radius 2 is 0.500 bits per heavy atom. The first-order valence-electron chi connectivity index (χ1n) is 33.2. The van der Waals surface area contributed by atoms with Gasteiger partial charge in [-0.1, -0.05) is 298 Å².